The normalized spacial score (nSPS) is 12.2. The second kappa shape index (κ2) is 23.3. The van der Waals surface area contributed by atoms with E-state index in [9.17, 15) is 36.0 Å². The Morgan fingerprint density at radius 2 is 0.947 bits per heavy atom. The average Bonchev–Trinajstić information content (AvgIpc) is 3.40. The molecule has 2 amide bonds. The highest BCUT2D eigenvalue weighted by Gasteiger charge is 2.22. The van der Waals surface area contributed by atoms with Crippen molar-refractivity contribution in [2.45, 2.75) is 50.6 Å². The highest BCUT2D eigenvalue weighted by atomic mass is 35.5. The molecule has 0 bridgehead atoms. The number of methoxy groups -OCH3 is 2. The van der Waals surface area contributed by atoms with Crippen LogP contribution in [0.25, 0.3) is 44.1 Å². The van der Waals surface area contributed by atoms with Crippen LogP contribution in [0, 0.1) is 25.7 Å². The fraction of sp³-hybridized carbons (Fsp3) is 0.231. The van der Waals surface area contributed by atoms with Gasteiger partial charge in [-0.3, -0.25) is 37.8 Å². The Kier molecular flexibility index (Phi) is 17.1. The predicted molar refractivity (Wildman–Crippen MR) is 292 cm³/mol. The molecule has 0 saturated carbocycles. The number of anilines is 2. The molecule has 0 fully saturated rings. The second-order valence-electron chi connectivity index (χ2n) is 17.5. The first kappa shape index (κ1) is 55.8. The third-order valence-corrected chi connectivity index (χ3v) is 15.7. The molecule has 0 aliphatic carbocycles. The number of sulfonamides is 2. The SMILES string of the molecule is CNC(=O)[C@@H](C)Cn1cnc2ccc(-c3cnc(OC)c(NS(=O)(=O)c4ccc(Cl)c(C)c4)c3)cc2c1=O.CNC(=O)[C@H](C)Cn1cnc2ccc(-c3cnc(OC)c(NS(=O)(=O)c4ccc(Cl)c(C)c4)c3)cc2c1=O. The molecule has 20 nitrogen and oxygen atoms in total. The van der Waals surface area contributed by atoms with Gasteiger partial charge in [0.25, 0.3) is 31.2 Å². The standard InChI is InChI=1S/2C26H26ClN5O5S/c2*1-15-9-19(6-7-21(15)27)38(35,36)31-23-11-18(12-29-25(23)37-4)17-5-8-22-20(10-17)26(34)32(14-30-22)13-16(2)24(33)28-3/h2*5-12,14,16,31H,13H2,1-4H3,(H,28,33)/t2*16-/m10/s1. The van der Waals surface area contributed by atoms with E-state index in [1.807, 2.05) is 0 Å². The first-order valence-electron chi connectivity index (χ1n) is 23.2. The number of benzene rings is 4. The van der Waals surface area contributed by atoms with Gasteiger partial charge in [0.15, 0.2) is 0 Å². The smallest absolute Gasteiger partial charge is 0.262 e. The largest absolute Gasteiger partial charge is 0.480 e. The van der Waals surface area contributed by atoms with Crippen LogP contribution in [0.1, 0.15) is 25.0 Å². The zero-order chi connectivity index (χ0) is 55.2. The third-order valence-electron chi connectivity index (χ3n) is 12.1. The number of rotatable bonds is 16. The van der Waals surface area contributed by atoms with Crippen molar-refractivity contribution in [3.63, 3.8) is 0 Å². The van der Waals surface area contributed by atoms with Crippen molar-refractivity contribution in [3.05, 3.63) is 152 Å². The molecule has 0 saturated heterocycles. The van der Waals surface area contributed by atoms with Gasteiger partial charge in [-0.1, -0.05) is 49.2 Å². The number of fused-ring (bicyclic) bond motifs is 2. The minimum Gasteiger partial charge on any atom is -0.480 e. The van der Waals surface area contributed by atoms with Crippen molar-refractivity contribution in [2.24, 2.45) is 11.8 Å². The topological polar surface area (TPSA) is 265 Å². The van der Waals surface area contributed by atoms with Gasteiger partial charge in [-0.2, -0.15) is 0 Å². The number of hydrogen-bond acceptors (Lipinski definition) is 14. The van der Waals surface area contributed by atoms with E-state index in [0.717, 1.165) is 0 Å². The van der Waals surface area contributed by atoms with Crippen LogP contribution < -0.4 is 40.7 Å². The molecule has 2 atom stereocenters. The maximum Gasteiger partial charge on any atom is 0.262 e. The van der Waals surface area contributed by atoms with Gasteiger partial charge in [-0.15, -0.1) is 0 Å². The molecule has 24 heteroatoms. The number of aromatic nitrogens is 6. The van der Waals surface area contributed by atoms with Crippen molar-refractivity contribution >= 4 is 88.2 Å². The lowest BCUT2D eigenvalue weighted by molar-refractivity contribution is -0.125. The first-order chi connectivity index (χ1) is 36.1. The molecule has 0 aliphatic rings. The van der Waals surface area contributed by atoms with Gasteiger partial charge in [0.05, 0.1) is 70.3 Å². The van der Waals surface area contributed by atoms with E-state index in [4.69, 9.17) is 32.7 Å². The summed E-state index contributed by atoms with van der Waals surface area (Å²) in [6.07, 6.45) is 5.88. The monoisotopic (exact) mass is 1110 g/mol. The molecular weight excluding hydrogens is 1060 g/mol. The molecule has 8 aromatic rings. The van der Waals surface area contributed by atoms with E-state index in [-0.39, 0.29) is 68.9 Å². The van der Waals surface area contributed by atoms with Gasteiger partial charge in [-0.05, 0) is 109 Å². The maximum absolute atomic E-state index is 13.2. The first-order valence-corrected chi connectivity index (χ1v) is 26.9. The summed E-state index contributed by atoms with van der Waals surface area (Å²) >= 11 is 12.1. The highest BCUT2D eigenvalue weighted by molar-refractivity contribution is 7.93. The lowest BCUT2D eigenvalue weighted by atomic mass is 10.0. The fourth-order valence-corrected chi connectivity index (χ4v) is 10.4. The number of carbonyl (C=O) groups is 2. The number of nitrogens with one attached hydrogen (secondary N) is 4. The van der Waals surface area contributed by atoms with E-state index < -0.39 is 31.9 Å². The molecule has 4 heterocycles. The van der Waals surface area contributed by atoms with Crippen LogP contribution in [0.2, 0.25) is 10.0 Å². The zero-order valence-electron chi connectivity index (χ0n) is 42.3. The van der Waals surface area contributed by atoms with E-state index in [0.29, 0.717) is 65.2 Å². The van der Waals surface area contributed by atoms with Crippen LogP contribution in [-0.4, -0.2) is 86.0 Å². The summed E-state index contributed by atoms with van der Waals surface area (Å²) in [6.45, 7) is 7.22. The van der Waals surface area contributed by atoms with Crippen molar-refractivity contribution < 1.29 is 35.9 Å². The molecule has 396 valence electrons. The summed E-state index contributed by atoms with van der Waals surface area (Å²) < 4.78 is 70.7. The molecule has 4 aromatic heterocycles. The van der Waals surface area contributed by atoms with Gasteiger partial charge in [-0.25, -0.2) is 36.8 Å². The number of hydrogen-bond donors (Lipinski definition) is 4. The number of carbonyl (C=O) groups excluding carboxylic acids is 2. The van der Waals surface area contributed by atoms with Crippen LogP contribution in [-0.2, 0) is 42.7 Å². The summed E-state index contributed by atoms with van der Waals surface area (Å²) in [5, 5.41) is 6.76. The van der Waals surface area contributed by atoms with Crippen LogP contribution in [0.5, 0.6) is 11.8 Å². The van der Waals surface area contributed by atoms with Gasteiger partial charge in [0.2, 0.25) is 23.6 Å². The average molecular weight is 1110 g/mol. The summed E-state index contributed by atoms with van der Waals surface area (Å²) in [4.78, 5) is 67.5. The van der Waals surface area contributed by atoms with Crippen LogP contribution >= 0.6 is 23.2 Å². The molecule has 4 N–H and O–H groups in total. The predicted octanol–water partition coefficient (Wildman–Crippen LogP) is 7.22. The molecule has 0 unspecified atom stereocenters. The van der Waals surface area contributed by atoms with E-state index in [1.54, 1.807) is 90.3 Å². The molecule has 0 aliphatic heterocycles. The Morgan fingerprint density at radius 3 is 1.29 bits per heavy atom. The van der Waals surface area contributed by atoms with Gasteiger partial charge in [0, 0.05) is 60.8 Å². The second-order valence-corrected chi connectivity index (χ2v) is 21.7. The Morgan fingerprint density at radius 1 is 0.566 bits per heavy atom. The lowest BCUT2D eigenvalue weighted by Gasteiger charge is -2.14. The number of amides is 2. The van der Waals surface area contributed by atoms with Gasteiger partial charge < -0.3 is 20.1 Å². The number of ether oxygens (including phenoxy) is 2. The van der Waals surface area contributed by atoms with Crippen LogP contribution in [0.3, 0.4) is 0 Å². The van der Waals surface area contributed by atoms with Crippen molar-refractivity contribution in [1.82, 2.24) is 39.7 Å². The molecule has 4 aromatic carbocycles. The minimum atomic E-state index is -3.98. The quantitative estimate of drug-likeness (QED) is 0.0744. The third kappa shape index (κ3) is 12.4. The molecular formula is C52H52Cl2N10O10S2. The van der Waals surface area contributed by atoms with E-state index >= 15 is 0 Å². The Hall–Kier alpha value is -7.92. The summed E-state index contributed by atoms with van der Waals surface area (Å²) in [5.41, 5.74) is 4.20. The van der Waals surface area contributed by atoms with Gasteiger partial charge in [0.1, 0.15) is 11.4 Å². The maximum atomic E-state index is 13.2. The summed E-state index contributed by atoms with van der Waals surface area (Å²) in [7, 11) is -2.10. The number of aryl methyl sites for hydroxylation is 2. The molecule has 8 rings (SSSR count). The number of pyridine rings is 2. The van der Waals surface area contributed by atoms with E-state index in [2.05, 4.69) is 40.0 Å². The lowest BCUT2D eigenvalue weighted by Crippen LogP contribution is -2.32. The summed E-state index contributed by atoms with van der Waals surface area (Å²) in [6, 6.07) is 22.2. The van der Waals surface area contributed by atoms with Crippen molar-refractivity contribution in [1.29, 1.82) is 0 Å². The minimum absolute atomic E-state index is 0.0372. The van der Waals surface area contributed by atoms with Crippen molar-refractivity contribution in [3.8, 4) is 34.0 Å². The Labute approximate surface area is 447 Å². The summed E-state index contributed by atoms with van der Waals surface area (Å²) in [5.74, 6) is -1.05. The van der Waals surface area contributed by atoms with E-state index in [1.165, 1.54) is 84.8 Å². The zero-order valence-corrected chi connectivity index (χ0v) is 45.4. The number of halogens is 2. The van der Waals surface area contributed by atoms with Crippen LogP contribution in [0.4, 0.5) is 11.4 Å². The fourth-order valence-electron chi connectivity index (χ4n) is 7.85. The number of nitrogens with zero attached hydrogens (tertiary/aromatic N) is 6. The van der Waals surface area contributed by atoms with Gasteiger partial charge >= 0.3 is 0 Å². The highest BCUT2D eigenvalue weighted by Crippen LogP contribution is 2.34. The molecule has 0 spiro atoms. The molecule has 0 radical (unpaired) electrons. The van der Waals surface area contributed by atoms with Crippen molar-refractivity contribution in [2.75, 3.05) is 37.8 Å². The Bertz CT molecular complexity index is 3660. The van der Waals surface area contributed by atoms with Crippen LogP contribution in [0.15, 0.2) is 129 Å². The Balaban J connectivity index is 0.000000221. The molecule has 76 heavy (non-hydrogen) atoms.